The number of fused-ring (bicyclic) bond motifs is 1. The van der Waals surface area contributed by atoms with Gasteiger partial charge in [0.2, 0.25) is 0 Å². The zero-order valence-electron chi connectivity index (χ0n) is 12.7. The van der Waals surface area contributed by atoms with Crippen molar-refractivity contribution in [2.75, 3.05) is 0 Å². The molecule has 112 valence electrons. The summed E-state index contributed by atoms with van der Waals surface area (Å²) in [4.78, 5) is 4.61. The fourth-order valence-electron chi connectivity index (χ4n) is 2.64. The Morgan fingerprint density at radius 2 is 1.61 bits per heavy atom. The van der Waals surface area contributed by atoms with Crippen LogP contribution in [0.3, 0.4) is 0 Å². The number of aromatic nitrogens is 3. The minimum Gasteiger partial charge on any atom is -0.455 e. The topological polar surface area (TPSA) is 39.9 Å². The smallest absolute Gasteiger partial charge is 0.153 e. The Kier molecular flexibility index (Phi) is 3.27. The summed E-state index contributed by atoms with van der Waals surface area (Å²) in [5.41, 5.74) is 1.91. The molecule has 4 rings (SSSR count). The van der Waals surface area contributed by atoms with Gasteiger partial charge in [0.05, 0.1) is 18.1 Å². The largest absolute Gasteiger partial charge is 0.455 e. The Morgan fingerprint density at radius 3 is 2.35 bits per heavy atom. The van der Waals surface area contributed by atoms with Gasteiger partial charge in [-0.05, 0) is 12.1 Å². The van der Waals surface area contributed by atoms with Crippen LogP contribution in [0.5, 0.6) is 11.5 Å². The monoisotopic (exact) mass is 301 g/mol. The van der Waals surface area contributed by atoms with Crippen LogP contribution >= 0.6 is 0 Å². The number of ether oxygens (including phenoxy) is 1. The molecule has 2 aromatic heterocycles. The van der Waals surface area contributed by atoms with Crippen molar-refractivity contribution >= 4 is 10.8 Å². The van der Waals surface area contributed by atoms with Gasteiger partial charge in [-0.15, -0.1) is 0 Å². The maximum atomic E-state index is 6.00. The van der Waals surface area contributed by atoms with Gasteiger partial charge in [-0.1, -0.05) is 42.5 Å². The molecular weight excluding hydrogens is 286 g/mol. The van der Waals surface area contributed by atoms with Gasteiger partial charge in [-0.2, -0.15) is 5.10 Å². The third-order valence-corrected chi connectivity index (χ3v) is 3.71. The van der Waals surface area contributed by atoms with Crippen molar-refractivity contribution in [2.24, 2.45) is 7.05 Å². The van der Waals surface area contributed by atoms with E-state index in [1.54, 1.807) is 10.9 Å². The molecule has 0 bridgehead atoms. The fourth-order valence-corrected chi connectivity index (χ4v) is 2.64. The number of para-hydroxylation sites is 1. The van der Waals surface area contributed by atoms with Crippen molar-refractivity contribution in [2.45, 2.75) is 0 Å². The van der Waals surface area contributed by atoms with E-state index in [1.165, 1.54) is 0 Å². The first-order chi connectivity index (χ1) is 11.3. The first kappa shape index (κ1) is 13.5. The lowest BCUT2D eigenvalue weighted by Crippen LogP contribution is -1.91. The molecule has 0 aliphatic heterocycles. The summed E-state index contributed by atoms with van der Waals surface area (Å²) in [6.45, 7) is 0. The van der Waals surface area contributed by atoms with Crippen LogP contribution in [0.4, 0.5) is 0 Å². The molecule has 0 N–H and O–H groups in total. The van der Waals surface area contributed by atoms with E-state index in [2.05, 4.69) is 22.2 Å². The van der Waals surface area contributed by atoms with E-state index in [1.807, 2.05) is 61.9 Å². The fraction of sp³-hybridized carbons (Fsp3) is 0.0526. The molecule has 0 atom stereocenters. The normalized spacial score (nSPS) is 10.8. The molecular formula is C19H15N3O. The first-order valence-corrected chi connectivity index (χ1v) is 7.41. The molecule has 0 fully saturated rings. The molecule has 4 nitrogen and oxygen atoms in total. The maximum absolute atomic E-state index is 6.00. The summed E-state index contributed by atoms with van der Waals surface area (Å²) in [7, 11) is 1.90. The van der Waals surface area contributed by atoms with Crippen molar-refractivity contribution in [3.05, 3.63) is 73.2 Å². The molecule has 0 spiro atoms. The molecule has 0 saturated heterocycles. The average molecular weight is 301 g/mol. The van der Waals surface area contributed by atoms with Crippen molar-refractivity contribution in [1.29, 1.82) is 0 Å². The molecule has 0 aliphatic carbocycles. The van der Waals surface area contributed by atoms with Crippen LogP contribution in [0.1, 0.15) is 0 Å². The Morgan fingerprint density at radius 1 is 0.870 bits per heavy atom. The van der Waals surface area contributed by atoms with Crippen LogP contribution < -0.4 is 4.74 Å². The molecule has 2 heterocycles. The van der Waals surface area contributed by atoms with Crippen LogP contribution in [-0.2, 0) is 7.05 Å². The highest BCUT2D eigenvalue weighted by molar-refractivity contribution is 5.97. The second-order valence-electron chi connectivity index (χ2n) is 5.33. The predicted molar refractivity (Wildman–Crippen MR) is 90.5 cm³/mol. The van der Waals surface area contributed by atoms with Gasteiger partial charge in [-0.3, -0.25) is 9.67 Å². The summed E-state index contributed by atoms with van der Waals surface area (Å²) in [6.07, 6.45) is 5.57. The maximum Gasteiger partial charge on any atom is 0.153 e. The van der Waals surface area contributed by atoms with Crippen LogP contribution in [0, 0.1) is 0 Å². The second-order valence-corrected chi connectivity index (χ2v) is 5.33. The van der Waals surface area contributed by atoms with Gasteiger partial charge in [0.15, 0.2) is 5.75 Å². The van der Waals surface area contributed by atoms with E-state index in [9.17, 15) is 0 Å². The number of benzene rings is 2. The first-order valence-electron chi connectivity index (χ1n) is 7.41. The minimum atomic E-state index is 0.749. The molecule has 0 radical (unpaired) electrons. The highest BCUT2D eigenvalue weighted by Crippen LogP contribution is 2.34. The number of pyridine rings is 1. The summed E-state index contributed by atoms with van der Waals surface area (Å²) >= 11 is 0. The van der Waals surface area contributed by atoms with E-state index in [4.69, 9.17) is 4.74 Å². The lowest BCUT2D eigenvalue weighted by molar-refractivity contribution is 0.486. The average Bonchev–Trinajstić information content (AvgIpc) is 3.02. The highest BCUT2D eigenvalue weighted by atomic mass is 16.5. The molecule has 4 aromatic rings. The molecule has 0 saturated carbocycles. The van der Waals surface area contributed by atoms with Crippen LogP contribution in [0.15, 0.2) is 73.2 Å². The molecule has 0 unspecified atom stereocenters. The van der Waals surface area contributed by atoms with Crippen LogP contribution in [-0.4, -0.2) is 14.8 Å². The molecule has 0 amide bonds. The summed E-state index contributed by atoms with van der Waals surface area (Å²) in [5, 5.41) is 6.32. The highest BCUT2D eigenvalue weighted by Gasteiger charge is 2.11. The minimum absolute atomic E-state index is 0.749. The third kappa shape index (κ3) is 2.55. The number of hydrogen-bond donors (Lipinski definition) is 0. The van der Waals surface area contributed by atoms with Gasteiger partial charge in [0.25, 0.3) is 0 Å². The second kappa shape index (κ2) is 5.57. The van der Waals surface area contributed by atoms with Crippen molar-refractivity contribution < 1.29 is 4.74 Å². The Hall–Kier alpha value is -3.14. The molecule has 0 aliphatic rings. The van der Waals surface area contributed by atoms with Gasteiger partial charge in [0.1, 0.15) is 5.75 Å². The SMILES string of the molecule is Cn1cc(-c2ncc(Oc3ccccc3)c3ccccc23)cn1. The third-order valence-electron chi connectivity index (χ3n) is 3.71. The van der Waals surface area contributed by atoms with Gasteiger partial charge in [-0.25, -0.2) is 0 Å². The Bertz CT molecular complexity index is 961. The quantitative estimate of drug-likeness (QED) is 0.562. The van der Waals surface area contributed by atoms with Gasteiger partial charge < -0.3 is 4.74 Å². The van der Waals surface area contributed by atoms with Crippen LogP contribution in [0.2, 0.25) is 0 Å². The lowest BCUT2D eigenvalue weighted by Gasteiger charge is -2.11. The van der Waals surface area contributed by atoms with E-state index >= 15 is 0 Å². The van der Waals surface area contributed by atoms with E-state index in [0.29, 0.717) is 0 Å². The number of aryl methyl sites for hydroxylation is 1. The number of nitrogens with zero attached hydrogens (tertiary/aromatic N) is 3. The number of hydrogen-bond acceptors (Lipinski definition) is 3. The van der Waals surface area contributed by atoms with Crippen LogP contribution in [0.25, 0.3) is 22.0 Å². The lowest BCUT2D eigenvalue weighted by atomic mass is 10.1. The molecule has 4 heteroatoms. The summed E-state index contributed by atoms with van der Waals surface area (Å²) < 4.78 is 7.78. The zero-order valence-corrected chi connectivity index (χ0v) is 12.7. The Labute approximate surface area is 134 Å². The van der Waals surface area contributed by atoms with Gasteiger partial charge >= 0.3 is 0 Å². The Balaban J connectivity index is 1.85. The molecule has 23 heavy (non-hydrogen) atoms. The van der Waals surface area contributed by atoms with Crippen molar-refractivity contribution in [3.8, 4) is 22.8 Å². The van der Waals surface area contributed by atoms with Gasteiger partial charge in [0, 0.05) is 29.6 Å². The van der Waals surface area contributed by atoms with E-state index < -0.39 is 0 Å². The standard InChI is InChI=1S/C19H15N3O/c1-22-13-14(11-21-22)19-17-10-6-5-9-16(17)18(12-20-19)23-15-7-3-2-4-8-15/h2-13H,1H3. The van der Waals surface area contributed by atoms with Crippen molar-refractivity contribution in [1.82, 2.24) is 14.8 Å². The summed E-state index contributed by atoms with van der Waals surface area (Å²) in [5.74, 6) is 1.55. The summed E-state index contributed by atoms with van der Waals surface area (Å²) in [6, 6.07) is 17.9. The molecule has 2 aromatic carbocycles. The predicted octanol–water partition coefficient (Wildman–Crippen LogP) is 4.43. The number of rotatable bonds is 3. The van der Waals surface area contributed by atoms with Crippen molar-refractivity contribution in [3.63, 3.8) is 0 Å². The van der Waals surface area contributed by atoms with E-state index in [0.717, 1.165) is 33.5 Å². The van der Waals surface area contributed by atoms with E-state index in [-0.39, 0.29) is 0 Å². The zero-order chi connectivity index (χ0) is 15.6.